The zero-order chi connectivity index (χ0) is 13.0. The molecule has 1 aromatic heterocycles. The Morgan fingerprint density at radius 1 is 1.50 bits per heavy atom. The van der Waals surface area contributed by atoms with Gasteiger partial charge in [0.25, 0.3) is 0 Å². The fourth-order valence-corrected chi connectivity index (χ4v) is 2.72. The SMILES string of the molecule is CCNC(C)C1CCCN(Cc2nnn(C)n2)C1. The number of aromatic nitrogens is 4. The molecular weight excluding hydrogens is 228 g/mol. The quantitative estimate of drug-likeness (QED) is 0.823. The van der Waals surface area contributed by atoms with E-state index in [1.165, 1.54) is 17.6 Å². The zero-order valence-electron chi connectivity index (χ0n) is 11.6. The van der Waals surface area contributed by atoms with Crippen LogP contribution >= 0.6 is 0 Å². The third-order valence-corrected chi connectivity index (χ3v) is 3.69. The van der Waals surface area contributed by atoms with E-state index in [0.717, 1.165) is 37.9 Å². The molecule has 102 valence electrons. The van der Waals surface area contributed by atoms with Gasteiger partial charge in [-0.2, -0.15) is 4.80 Å². The van der Waals surface area contributed by atoms with Crippen LogP contribution in [-0.4, -0.2) is 50.8 Å². The Labute approximate surface area is 109 Å². The molecule has 0 spiro atoms. The second kappa shape index (κ2) is 6.24. The standard InChI is InChI=1S/C12H24N6/c1-4-13-10(2)11-6-5-7-18(8-11)9-12-14-16-17(3)15-12/h10-11,13H,4-9H2,1-3H3. The van der Waals surface area contributed by atoms with Gasteiger partial charge < -0.3 is 5.32 Å². The summed E-state index contributed by atoms with van der Waals surface area (Å²) in [5.74, 6) is 1.56. The van der Waals surface area contributed by atoms with E-state index in [9.17, 15) is 0 Å². The summed E-state index contributed by atoms with van der Waals surface area (Å²) in [7, 11) is 1.81. The molecule has 1 aliphatic heterocycles. The summed E-state index contributed by atoms with van der Waals surface area (Å²) in [5, 5.41) is 15.7. The molecule has 1 fully saturated rings. The number of hydrogen-bond donors (Lipinski definition) is 1. The van der Waals surface area contributed by atoms with Crippen LogP contribution < -0.4 is 5.32 Å². The van der Waals surface area contributed by atoms with Crippen molar-refractivity contribution in [2.75, 3.05) is 19.6 Å². The van der Waals surface area contributed by atoms with E-state index >= 15 is 0 Å². The van der Waals surface area contributed by atoms with Crippen molar-refractivity contribution in [1.82, 2.24) is 30.4 Å². The Bertz CT molecular complexity index is 363. The van der Waals surface area contributed by atoms with Crippen molar-refractivity contribution in [2.24, 2.45) is 13.0 Å². The molecule has 2 unspecified atom stereocenters. The number of aryl methyl sites for hydroxylation is 1. The van der Waals surface area contributed by atoms with Crippen LogP contribution in [-0.2, 0) is 13.6 Å². The van der Waals surface area contributed by atoms with E-state index in [1.54, 1.807) is 0 Å². The third kappa shape index (κ3) is 3.49. The van der Waals surface area contributed by atoms with Gasteiger partial charge in [-0.05, 0) is 44.0 Å². The van der Waals surface area contributed by atoms with E-state index in [1.807, 2.05) is 7.05 Å². The van der Waals surface area contributed by atoms with Gasteiger partial charge in [-0.3, -0.25) is 4.90 Å². The minimum Gasteiger partial charge on any atom is -0.314 e. The highest BCUT2D eigenvalue weighted by atomic mass is 15.6. The van der Waals surface area contributed by atoms with Crippen molar-refractivity contribution in [1.29, 1.82) is 0 Å². The van der Waals surface area contributed by atoms with E-state index < -0.39 is 0 Å². The van der Waals surface area contributed by atoms with Crippen LogP contribution in [0.4, 0.5) is 0 Å². The summed E-state index contributed by atoms with van der Waals surface area (Å²) >= 11 is 0. The molecule has 0 aromatic carbocycles. The first-order chi connectivity index (χ1) is 8.69. The van der Waals surface area contributed by atoms with E-state index in [-0.39, 0.29) is 0 Å². The fourth-order valence-electron chi connectivity index (χ4n) is 2.72. The Morgan fingerprint density at radius 3 is 3.00 bits per heavy atom. The van der Waals surface area contributed by atoms with Crippen LogP contribution in [0.2, 0.25) is 0 Å². The highest BCUT2D eigenvalue weighted by Gasteiger charge is 2.24. The molecule has 6 heteroatoms. The molecule has 18 heavy (non-hydrogen) atoms. The number of piperidine rings is 1. The topological polar surface area (TPSA) is 58.9 Å². The lowest BCUT2D eigenvalue weighted by molar-refractivity contribution is 0.142. The summed E-state index contributed by atoms with van der Waals surface area (Å²) in [5.41, 5.74) is 0. The van der Waals surface area contributed by atoms with Crippen LogP contribution in [0.3, 0.4) is 0 Å². The van der Waals surface area contributed by atoms with Gasteiger partial charge in [0, 0.05) is 12.6 Å². The van der Waals surface area contributed by atoms with Gasteiger partial charge in [0.2, 0.25) is 0 Å². The minimum atomic E-state index is 0.590. The predicted molar refractivity (Wildman–Crippen MR) is 69.9 cm³/mol. The van der Waals surface area contributed by atoms with Crippen LogP contribution in [0.15, 0.2) is 0 Å². The summed E-state index contributed by atoms with van der Waals surface area (Å²) in [6, 6.07) is 0.590. The van der Waals surface area contributed by atoms with Gasteiger partial charge in [0.05, 0.1) is 13.6 Å². The highest BCUT2D eigenvalue weighted by Crippen LogP contribution is 2.20. The number of tetrazole rings is 1. The van der Waals surface area contributed by atoms with Crippen LogP contribution in [0, 0.1) is 5.92 Å². The molecule has 0 amide bonds. The molecule has 0 bridgehead atoms. The van der Waals surface area contributed by atoms with Crippen molar-refractivity contribution in [3.63, 3.8) is 0 Å². The van der Waals surface area contributed by atoms with Gasteiger partial charge in [-0.25, -0.2) is 0 Å². The molecule has 0 saturated carbocycles. The predicted octanol–water partition coefficient (Wildman–Crippen LogP) is 0.420. The lowest BCUT2D eigenvalue weighted by Crippen LogP contribution is -2.44. The van der Waals surface area contributed by atoms with Gasteiger partial charge in [-0.1, -0.05) is 6.92 Å². The number of likely N-dealkylation sites (tertiary alicyclic amines) is 1. The summed E-state index contributed by atoms with van der Waals surface area (Å²) in [4.78, 5) is 3.97. The number of nitrogens with zero attached hydrogens (tertiary/aromatic N) is 5. The molecule has 1 N–H and O–H groups in total. The summed E-state index contributed by atoms with van der Waals surface area (Å²) in [6.07, 6.45) is 2.58. The first-order valence-electron chi connectivity index (χ1n) is 6.87. The average molecular weight is 252 g/mol. The fraction of sp³-hybridized carbons (Fsp3) is 0.917. The summed E-state index contributed by atoms with van der Waals surface area (Å²) in [6.45, 7) is 8.60. The van der Waals surface area contributed by atoms with Gasteiger partial charge in [0.15, 0.2) is 5.82 Å². The van der Waals surface area contributed by atoms with Crippen LogP contribution in [0.1, 0.15) is 32.5 Å². The average Bonchev–Trinajstić information content (AvgIpc) is 2.75. The smallest absolute Gasteiger partial charge is 0.188 e. The number of rotatable bonds is 5. The van der Waals surface area contributed by atoms with Crippen LogP contribution in [0.5, 0.6) is 0 Å². The molecule has 6 nitrogen and oxygen atoms in total. The first-order valence-corrected chi connectivity index (χ1v) is 6.87. The molecule has 2 atom stereocenters. The molecule has 2 rings (SSSR count). The van der Waals surface area contributed by atoms with Crippen molar-refractivity contribution >= 4 is 0 Å². The molecule has 2 heterocycles. The maximum absolute atomic E-state index is 4.25. The monoisotopic (exact) mass is 252 g/mol. The van der Waals surface area contributed by atoms with Crippen molar-refractivity contribution in [3.8, 4) is 0 Å². The maximum Gasteiger partial charge on any atom is 0.188 e. The van der Waals surface area contributed by atoms with E-state index in [0.29, 0.717) is 6.04 Å². The van der Waals surface area contributed by atoms with Crippen molar-refractivity contribution in [2.45, 2.75) is 39.3 Å². The number of nitrogens with one attached hydrogen (secondary N) is 1. The molecule has 1 aliphatic rings. The molecule has 1 aromatic rings. The Balaban J connectivity index is 1.86. The normalized spacial score (nSPS) is 23.2. The second-order valence-corrected chi connectivity index (χ2v) is 5.18. The molecule has 0 radical (unpaired) electrons. The zero-order valence-corrected chi connectivity index (χ0v) is 11.6. The maximum atomic E-state index is 4.25. The lowest BCUT2D eigenvalue weighted by atomic mass is 9.91. The largest absolute Gasteiger partial charge is 0.314 e. The Hall–Kier alpha value is -1.01. The molecule has 0 aliphatic carbocycles. The van der Waals surface area contributed by atoms with Crippen molar-refractivity contribution < 1.29 is 0 Å². The minimum absolute atomic E-state index is 0.590. The molecular formula is C12H24N6. The second-order valence-electron chi connectivity index (χ2n) is 5.18. The van der Waals surface area contributed by atoms with Gasteiger partial charge >= 0.3 is 0 Å². The van der Waals surface area contributed by atoms with Gasteiger partial charge in [-0.15, -0.1) is 10.2 Å². The highest BCUT2D eigenvalue weighted by molar-refractivity contribution is 4.84. The van der Waals surface area contributed by atoms with E-state index in [4.69, 9.17) is 0 Å². The first kappa shape index (κ1) is 13.4. The van der Waals surface area contributed by atoms with E-state index in [2.05, 4.69) is 39.5 Å². The summed E-state index contributed by atoms with van der Waals surface area (Å²) < 4.78 is 0. The third-order valence-electron chi connectivity index (χ3n) is 3.69. The Kier molecular flexibility index (Phi) is 4.66. The van der Waals surface area contributed by atoms with Crippen LogP contribution in [0.25, 0.3) is 0 Å². The number of hydrogen-bond acceptors (Lipinski definition) is 5. The Morgan fingerprint density at radius 2 is 2.33 bits per heavy atom. The molecule has 1 saturated heterocycles. The van der Waals surface area contributed by atoms with Gasteiger partial charge in [0.1, 0.15) is 0 Å². The van der Waals surface area contributed by atoms with Crippen molar-refractivity contribution in [3.05, 3.63) is 5.82 Å². The lowest BCUT2D eigenvalue weighted by Gasteiger charge is -2.35.